The minimum absolute atomic E-state index is 0. The summed E-state index contributed by atoms with van der Waals surface area (Å²) in [5.41, 5.74) is 0. The summed E-state index contributed by atoms with van der Waals surface area (Å²) in [6.45, 7) is 0. The number of hydrogen-bond acceptors (Lipinski definition) is 0. The molecule has 0 spiro atoms. The molecule has 0 saturated carbocycles. The van der Waals surface area contributed by atoms with Crippen LogP contribution in [-0.2, 0) is 74.4 Å². The van der Waals surface area contributed by atoms with E-state index in [2.05, 4.69) is 0 Å². The van der Waals surface area contributed by atoms with Crippen molar-refractivity contribution in [3.8, 4) is 0 Å². The second-order valence-corrected chi connectivity index (χ2v) is 0. The maximum Gasteiger partial charge on any atom is 0 e. The predicted molar refractivity (Wildman–Crippen MR) is 0 cm³/mol. The summed E-state index contributed by atoms with van der Waals surface area (Å²) in [5.74, 6) is 0. The fraction of sp³-hybridized carbons (Fsp3) is 0. The van der Waals surface area contributed by atoms with E-state index < -0.39 is 0 Å². The third-order valence-electron chi connectivity index (χ3n) is 0. The minimum Gasteiger partial charge on any atom is 0 e. The van der Waals surface area contributed by atoms with Crippen molar-refractivity contribution < 1.29 is 106 Å². The van der Waals surface area contributed by atoms with E-state index in [0.29, 0.717) is 0 Å². The van der Waals surface area contributed by atoms with Gasteiger partial charge in [0.2, 0.25) is 0 Å². The normalized spacial score (nSPS) is 0. The molecule has 0 nitrogen and oxygen atoms in total. The van der Waals surface area contributed by atoms with E-state index in [-0.39, 0.29) is 106 Å². The first-order valence-corrected chi connectivity index (χ1v) is 0. The van der Waals surface area contributed by atoms with Crippen LogP contribution in [0.2, 0.25) is 0 Å². The van der Waals surface area contributed by atoms with E-state index in [4.69, 9.17) is 0 Å². The molecule has 0 heterocycles. The molecule has 0 aromatic heterocycles. The summed E-state index contributed by atoms with van der Waals surface area (Å²) < 4.78 is 0. The minimum atomic E-state index is 0. The van der Waals surface area contributed by atoms with E-state index in [9.17, 15) is 0 Å². The maximum atomic E-state index is 0. The molecular formula is HfNbUZr. The van der Waals surface area contributed by atoms with Gasteiger partial charge in [0.25, 0.3) is 0 Å². The van der Waals surface area contributed by atoms with Crippen LogP contribution in [0.4, 0.5) is 0 Å². The molecule has 0 aliphatic heterocycles. The first-order chi connectivity index (χ1) is 0. The van der Waals surface area contributed by atoms with Gasteiger partial charge in [-0.15, -0.1) is 0 Å². The molecule has 0 atom stereocenters. The van der Waals surface area contributed by atoms with Crippen molar-refractivity contribution in [3.63, 3.8) is 0 Å². The summed E-state index contributed by atoms with van der Waals surface area (Å²) in [4.78, 5) is 0. The van der Waals surface area contributed by atoms with Crippen LogP contribution >= 0.6 is 0 Å². The van der Waals surface area contributed by atoms with Crippen LogP contribution in [0, 0.1) is 31.1 Å². The van der Waals surface area contributed by atoms with Gasteiger partial charge >= 0.3 is 0 Å². The molecule has 0 N–H and O–H groups in total. The first-order valence-electron chi connectivity index (χ1n) is 0. The van der Waals surface area contributed by atoms with Crippen LogP contribution in [0.15, 0.2) is 0 Å². The van der Waals surface area contributed by atoms with Gasteiger partial charge in [-0.1, -0.05) is 0 Å². The first kappa shape index (κ1) is 25.7. The third kappa shape index (κ3) is 9.11. The summed E-state index contributed by atoms with van der Waals surface area (Å²) in [5, 5.41) is 0. The van der Waals surface area contributed by atoms with Crippen LogP contribution in [0.25, 0.3) is 0 Å². The third-order valence-corrected chi connectivity index (χ3v) is 0. The summed E-state index contributed by atoms with van der Waals surface area (Å²) in [6.07, 6.45) is 0. The molecule has 0 aromatic rings. The van der Waals surface area contributed by atoms with Crippen LogP contribution in [0.5, 0.6) is 0 Å². The summed E-state index contributed by atoms with van der Waals surface area (Å²) >= 11 is 0. The second kappa shape index (κ2) is 16.0. The molecule has 17 valence electrons. The largest absolute Gasteiger partial charge is 0 e. The fourth-order valence-electron chi connectivity index (χ4n) is 0. The maximum absolute atomic E-state index is 0. The summed E-state index contributed by atoms with van der Waals surface area (Å²) in [7, 11) is 0. The quantitative estimate of drug-likeness (QED) is 0.344. The molecule has 0 aliphatic carbocycles. The standard InChI is InChI=1S/Hf.Nb.U.Zr. The van der Waals surface area contributed by atoms with E-state index in [1.54, 1.807) is 0 Å². The topological polar surface area (TPSA) is 0 Å². The molecule has 0 aliphatic rings. The zero-order valence-electron chi connectivity index (χ0n) is 1.95. The van der Waals surface area contributed by atoms with Crippen molar-refractivity contribution in [2.45, 2.75) is 0 Å². The van der Waals surface area contributed by atoms with Gasteiger partial charge in [-0.05, 0) is 0 Å². The molecule has 0 bridgehead atoms. The number of hydrogen-bond donors (Lipinski definition) is 0. The van der Waals surface area contributed by atoms with E-state index in [0.717, 1.165) is 0 Å². The van der Waals surface area contributed by atoms with Gasteiger partial charge in [0.1, 0.15) is 0 Å². The van der Waals surface area contributed by atoms with Crippen LogP contribution in [-0.4, -0.2) is 0 Å². The Kier molecular flexibility index (Phi) is 103. The van der Waals surface area contributed by atoms with E-state index >= 15 is 0 Å². The Labute approximate surface area is 103 Å². The monoisotopic (exact) mass is 601 g/mol. The Balaban J connectivity index is 0. The molecule has 4 heteroatoms. The van der Waals surface area contributed by atoms with Crippen molar-refractivity contribution in [1.82, 2.24) is 0 Å². The molecular weight excluding hydrogens is 601 g/mol. The Morgan fingerprint density at radius 2 is 1.00 bits per heavy atom. The fourth-order valence-corrected chi connectivity index (χ4v) is 0. The van der Waals surface area contributed by atoms with Gasteiger partial charge in [0.05, 0.1) is 0 Å². The zero-order valence-corrected chi connectivity index (χ0v) is 14.4. The molecule has 0 amide bonds. The molecule has 0 fully saturated rings. The average molecular weight is 601 g/mol. The molecule has 0 aromatic carbocycles. The van der Waals surface area contributed by atoms with Crippen molar-refractivity contribution in [2.24, 2.45) is 0 Å². The van der Waals surface area contributed by atoms with Gasteiger partial charge in [-0.3, -0.25) is 0 Å². The van der Waals surface area contributed by atoms with Gasteiger partial charge < -0.3 is 0 Å². The smallest absolute Gasteiger partial charge is 0 e. The van der Waals surface area contributed by atoms with Crippen LogP contribution in [0.3, 0.4) is 0 Å². The predicted octanol–water partition coefficient (Wildman–Crippen LogP) is -0.00750. The molecule has 0 rings (SSSR count). The Morgan fingerprint density at radius 3 is 1.00 bits per heavy atom. The van der Waals surface area contributed by atoms with Gasteiger partial charge in [-0.2, -0.15) is 0 Å². The summed E-state index contributed by atoms with van der Waals surface area (Å²) in [6, 6.07) is 0. The van der Waals surface area contributed by atoms with Crippen molar-refractivity contribution in [2.75, 3.05) is 0 Å². The van der Waals surface area contributed by atoms with E-state index in [1.165, 1.54) is 0 Å². The Hall–Kier alpha value is 3.55. The van der Waals surface area contributed by atoms with Crippen molar-refractivity contribution in [3.05, 3.63) is 0 Å². The zero-order chi connectivity index (χ0) is 0. The van der Waals surface area contributed by atoms with Gasteiger partial charge in [0.15, 0.2) is 0 Å². The van der Waals surface area contributed by atoms with Crippen molar-refractivity contribution >= 4 is 0 Å². The second-order valence-electron chi connectivity index (χ2n) is 0. The van der Waals surface area contributed by atoms with Gasteiger partial charge in [0, 0.05) is 106 Å². The Bertz CT molecular complexity index is 8.00. The van der Waals surface area contributed by atoms with Gasteiger partial charge in [-0.25, -0.2) is 0 Å². The molecule has 0 saturated heterocycles. The SMILES string of the molecule is [Hf].[Nb].[U].[Zr]. The van der Waals surface area contributed by atoms with Crippen molar-refractivity contribution in [1.29, 1.82) is 0 Å². The molecule has 0 unspecified atom stereocenters. The van der Waals surface area contributed by atoms with Crippen LogP contribution in [0.1, 0.15) is 0 Å². The number of rotatable bonds is 0. The van der Waals surface area contributed by atoms with E-state index in [1.807, 2.05) is 0 Å². The molecule has 4 heavy (non-hydrogen) atoms. The van der Waals surface area contributed by atoms with Crippen LogP contribution < -0.4 is 0 Å². The Morgan fingerprint density at radius 1 is 1.00 bits per heavy atom. The average Bonchev–Trinajstić information content (AvgIpc) is 0. The molecule has 1 radical (unpaired) electrons.